The Labute approximate surface area is 134 Å². The molecule has 1 fully saturated rings. The average molecular weight is 312 g/mol. The van der Waals surface area contributed by atoms with Gasteiger partial charge in [0, 0.05) is 0 Å². The first-order valence-corrected chi connectivity index (χ1v) is 8.91. The Morgan fingerprint density at radius 2 is 1.73 bits per heavy atom. The molecule has 2 unspecified atom stereocenters. The van der Waals surface area contributed by atoms with Gasteiger partial charge in [-0.15, -0.1) is 0 Å². The van der Waals surface area contributed by atoms with E-state index in [0.717, 1.165) is 12.8 Å². The minimum absolute atomic E-state index is 0.0356. The summed E-state index contributed by atoms with van der Waals surface area (Å²) >= 11 is 0. The summed E-state index contributed by atoms with van der Waals surface area (Å²) in [6.45, 7) is 6.38. The lowest BCUT2D eigenvalue weighted by Crippen LogP contribution is -2.29. The minimum Gasteiger partial charge on any atom is -0.481 e. The molecule has 0 aliphatic heterocycles. The number of esters is 1. The van der Waals surface area contributed by atoms with Crippen molar-refractivity contribution >= 4 is 11.9 Å². The smallest absolute Gasteiger partial charge is 0.309 e. The van der Waals surface area contributed by atoms with Gasteiger partial charge in [0.05, 0.1) is 17.9 Å². The van der Waals surface area contributed by atoms with Crippen LogP contribution in [0.15, 0.2) is 0 Å². The van der Waals surface area contributed by atoms with Crippen molar-refractivity contribution in [2.24, 2.45) is 17.8 Å². The van der Waals surface area contributed by atoms with Crippen molar-refractivity contribution in [3.05, 3.63) is 0 Å². The number of carboxylic acids is 1. The summed E-state index contributed by atoms with van der Waals surface area (Å²) in [6.07, 6.45) is 8.17. The number of rotatable bonds is 9. The second kappa shape index (κ2) is 9.86. The zero-order valence-corrected chi connectivity index (χ0v) is 14.3. The highest BCUT2D eigenvalue weighted by Crippen LogP contribution is 2.30. The van der Waals surface area contributed by atoms with Crippen molar-refractivity contribution in [2.75, 3.05) is 0 Å². The van der Waals surface area contributed by atoms with E-state index in [9.17, 15) is 9.59 Å². The highest BCUT2D eigenvalue weighted by Gasteiger charge is 2.31. The molecule has 4 heteroatoms. The first kappa shape index (κ1) is 19.0. The molecule has 0 aromatic heterocycles. The molecule has 128 valence electrons. The largest absolute Gasteiger partial charge is 0.481 e. The van der Waals surface area contributed by atoms with E-state index < -0.39 is 5.97 Å². The first-order valence-electron chi connectivity index (χ1n) is 8.91. The summed E-state index contributed by atoms with van der Waals surface area (Å²) in [5.41, 5.74) is 0. The zero-order valence-electron chi connectivity index (χ0n) is 14.3. The zero-order chi connectivity index (χ0) is 16.5. The molecule has 1 rings (SSSR count). The lowest BCUT2D eigenvalue weighted by Gasteiger charge is -2.27. The number of ether oxygens (including phenoxy) is 1. The molecule has 0 heterocycles. The van der Waals surface area contributed by atoms with Gasteiger partial charge in [-0.25, -0.2) is 0 Å². The van der Waals surface area contributed by atoms with Gasteiger partial charge in [0.2, 0.25) is 0 Å². The first-order chi connectivity index (χ1) is 10.5. The quantitative estimate of drug-likeness (QED) is 0.640. The van der Waals surface area contributed by atoms with Gasteiger partial charge in [-0.1, -0.05) is 39.5 Å². The SMILES string of the molecule is CCCCC(CC)CC(C)OC(=O)C1CCC(C(=O)O)CC1. The van der Waals surface area contributed by atoms with Crippen LogP contribution in [0.1, 0.15) is 78.6 Å². The molecular formula is C18H32O4. The predicted molar refractivity (Wildman–Crippen MR) is 86.6 cm³/mol. The third-order valence-corrected chi connectivity index (χ3v) is 4.94. The van der Waals surface area contributed by atoms with Gasteiger partial charge in [0.1, 0.15) is 0 Å². The van der Waals surface area contributed by atoms with Crippen molar-refractivity contribution in [3.8, 4) is 0 Å². The Bertz CT molecular complexity index is 345. The Kier molecular flexibility index (Phi) is 8.51. The van der Waals surface area contributed by atoms with Crippen molar-refractivity contribution in [3.63, 3.8) is 0 Å². The summed E-state index contributed by atoms with van der Waals surface area (Å²) in [5, 5.41) is 8.99. The number of unbranched alkanes of at least 4 members (excludes halogenated alkanes) is 1. The average Bonchev–Trinajstić information content (AvgIpc) is 2.51. The number of hydrogen-bond donors (Lipinski definition) is 1. The van der Waals surface area contributed by atoms with Crippen LogP contribution >= 0.6 is 0 Å². The number of carbonyl (C=O) groups excluding carboxylic acids is 1. The predicted octanol–water partition coefficient (Wildman–Crippen LogP) is 4.42. The van der Waals surface area contributed by atoms with Gasteiger partial charge < -0.3 is 9.84 Å². The van der Waals surface area contributed by atoms with Crippen molar-refractivity contribution in [1.82, 2.24) is 0 Å². The molecule has 0 spiro atoms. The molecule has 0 bridgehead atoms. The maximum absolute atomic E-state index is 12.2. The summed E-state index contributed by atoms with van der Waals surface area (Å²) in [7, 11) is 0. The standard InChI is InChI=1S/C18H32O4/c1-4-6-7-14(5-2)12-13(3)22-18(21)16-10-8-15(9-11-16)17(19)20/h13-16H,4-12H2,1-3H3,(H,19,20). The molecule has 1 N–H and O–H groups in total. The van der Waals surface area contributed by atoms with Crippen LogP contribution in [0.3, 0.4) is 0 Å². The van der Waals surface area contributed by atoms with Crippen molar-refractivity contribution in [2.45, 2.75) is 84.7 Å². The second-order valence-corrected chi connectivity index (χ2v) is 6.79. The lowest BCUT2D eigenvalue weighted by molar-refractivity contribution is -0.157. The van der Waals surface area contributed by atoms with Crippen molar-refractivity contribution < 1.29 is 19.4 Å². The van der Waals surface area contributed by atoms with Crippen LogP contribution in [0.5, 0.6) is 0 Å². The van der Waals surface area contributed by atoms with E-state index in [0.29, 0.717) is 31.6 Å². The third-order valence-electron chi connectivity index (χ3n) is 4.94. The van der Waals surface area contributed by atoms with Crippen LogP contribution in [-0.4, -0.2) is 23.1 Å². The normalized spacial score (nSPS) is 24.5. The Morgan fingerprint density at radius 1 is 1.14 bits per heavy atom. The maximum Gasteiger partial charge on any atom is 0.309 e. The van der Waals surface area contributed by atoms with E-state index >= 15 is 0 Å². The van der Waals surface area contributed by atoms with E-state index in [1.807, 2.05) is 6.92 Å². The molecule has 2 atom stereocenters. The number of hydrogen-bond acceptors (Lipinski definition) is 3. The summed E-state index contributed by atoms with van der Waals surface area (Å²) < 4.78 is 5.61. The van der Waals surface area contributed by atoms with E-state index in [1.54, 1.807) is 0 Å². The van der Waals surface area contributed by atoms with Crippen LogP contribution in [0.4, 0.5) is 0 Å². The second-order valence-electron chi connectivity index (χ2n) is 6.79. The van der Waals surface area contributed by atoms with Gasteiger partial charge in [0.15, 0.2) is 0 Å². The Balaban J connectivity index is 2.33. The molecule has 4 nitrogen and oxygen atoms in total. The molecule has 0 amide bonds. The number of carbonyl (C=O) groups is 2. The fourth-order valence-electron chi connectivity index (χ4n) is 3.37. The molecule has 0 aromatic rings. The van der Waals surface area contributed by atoms with E-state index in [-0.39, 0.29) is 23.9 Å². The molecule has 22 heavy (non-hydrogen) atoms. The summed E-state index contributed by atoms with van der Waals surface area (Å²) in [6, 6.07) is 0. The topological polar surface area (TPSA) is 63.6 Å². The van der Waals surface area contributed by atoms with Crippen LogP contribution in [0.25, 0.3) is 0 Å². The highest BCUT2D eigenvalue weighted by molar-refractivity contribution is 5.74. The Morgan fingerprint density at radius 3 is 2.23 bits per heavy atom. The third kappa shape index (κ3) is 6.37. The maximum atomic E-state index is 12.2. The highest BCUT2D eigenvalue weighted by atomic mass is 16.5. The van der Waals surface area contributed by atoms with Crippen LogP contribution in [0, 0.1) is 17.8 Å². The lowest BCUT2D eigenvalue weighted by atomic mass is 9.82. The molecule has 1 saturated carbocycles. The summed E-state index contributed by atoms with van der Waals surface area (Å²) in [4.78, 5) is 23.1. The fraction of sp³-hybridized carbons (Fsp3) is 0.889. The molecular weight excluding hydrogens is 280 g/mol. The molecule has 0 aromatic carbocycles. The fourth-order valence-corrected chi connectivity index (χ4v) is 3.37. The van der Waals surface area contributed by atoms with Gasteiger partial charge in [-0.05, 0) is 44.9 Å². The number of carboxylic acid groups (broad SMARTS) is 1. The Hall–Kier alpha value is -1.06. The molecule has 1 aliphatic rings. The van der Waals surface area contributed by atoms with Gasteiger partial charge in [-0.2, -0.15) is 0 Å². The van der Waals surface area contributed by atoms with E-state index in [1.165, 1.54) is 19.3 Å². The van der Waals surface area contributed by atoms with Gasteiger partial charge in [0.25, 0.3) is 0 Å². The van der Waals surface area contributed by atoms with Gasteiger partial charge in [-0.3, -0.25) is 9.59 Å². The van der Waals surface area contributed by atoms with Crippen LogP contribution in [-0.2, 0) is 14.3 Å². The number of aliphatic carboxylic acids is 1. The molecule has 1 aliphatic carbocycles. The van der Waals surface area contributed by atoms with Crippen LogP contribution in [0.2, 0.25) is 0 Å². The molecule has 0 saturated heterocycles. The minimum atomic E-state index is -0.734. The molecule has 0 radical (unpaired) electrons. The summed E-state index contributed by atoms with van der Waals surface area (Å²) in [5.74, 6) is -0.608. The van der Waals surface area contributed by atoms with Crippen LogP contribution < -0.4 is 0 Å². The van der Waals surface area contributed by atoms with Crippen molar-refractivity contribution in [1.29, 1.82) is 0 Å². The van der Waals surface area contributed by atoms with E-state index in [2.05, 4.69) is 13.8 Å². The monoisotopic (exact) mass is 312 g/mol. The van der Waals surface area contributed by atoms with Gasteiger partial charge >= 0.3 is 11.9 Å². The van der Waals surface area contributed by atoms with E-state index in [4.69, 9.17) is 9.84 Å².